The van der Waals surface area contributed by atoms with E-state index >= 15 is 4.39 Å². The number of unbranched alkanes of at least 4 members (excludes halogenated alkanes) is 13. The van der Waals surface area contributed by atoms with Gasteiger partial charge in [-0.3, -0.25) is 14.8 Å². The molecule has 0 aliphatic carbocycles. The van der Waals surface area contributed by atoms with Crippen molar-refractivity contribution in [1.82, 2.24) is 19.7 Å². The second kappa shape index (κ2) is 23.8. The molecule has 60 heavy (non-hydrogen) atoms. The Hall–Kier alpha value is -2.48. The van der Waals surface area contributed by atoms with E-state index in [-0.39, 0.29) is 15.5 Å². The highest BCUT2D eigenvalue weighted by Crippen LogP contribution is 2.39. The van der Waals surface area contributed by atoms with Crippen molar-refractivity contribution in [3.63, 3.8) is 0 Å². The zero-order valence-corrected chi connectivity index (χ0v) is 38.7. The van der Waals surface area contributed by atoms with Crippen LogP contribution in [0.1, 0.15) is 129 Å². The standard InChI is InChI=1S/C48H74FN5O4S2/c1-4-6-7-8-9-10-11-12-13-14-15-16-17-18-35-58-46-22-20-42(37-44(46)49)60(56,57)47-38-50-45-21-19-41(59(3)55)36-43(45)48(47)54-29-25-40(26-30-54)53-33-31-52(32-34-53)39-23-27-51(5-2)28-24-39/h19-22,36-40H,4-18,23-35H2,1-3H3. The third kappa shape index (κ3) is 12.8. The summed E-state index contributed by atoms with van der Waals surface area (Å²) in [6.45, 7) is 14.1. The number of halogens is 1. The zero-order chi connectivity index (χ0) is 42.3. The predicted octanol–water partition coefficient (Wildman–Crippen LogP) is 9.87. The molecule has 334 valence electrons. The van der Waals surface area contributed by atoms with Crippen LogP contribution in [0.25, 0.3) is 10.9 Å². The maximum Gasteiger partial charge on any atom is 0.210 e. The first kappa shape index (κ1) is 47.0. The summed E-state index contributed by atoms with van der Waals surface area (Å²) in [7, 11) is -4.18. The molecule has 2 aromatic carbocycles. The first-order valence-electron chi connectivity index (χ1n) is 23.6. The van der Waals surface area contributed by atoms with Gasteiger partial charge in [-0.2, -0.15) is 0 Å². The van der Waals surface area contributed by atoms with Crippen LogP contribution in [0.5, 0.6) is 5.75 Å². The Morgan fingerprint density at radius 3 is 1.82 bits per heavy atom. The second-order valence-electron chi connectivity index (χ2n) is 17.6. The monoisotopic (exact) mass is 868 g/mol. The number of likely N-dealkylation sites (tertiary alicyclic amines) is 1. The molecule has 0 N–H and O–H groups in total. The molecule has 0 amide bonds. The number of hydrogen-bond donors (Lipinski definition) is 0. The molecule has 3 aromatic rings. The van der Waals surface area contributed by atoms with Gasteiger partial charge in [0, 0.05) is 69.0 Å². The lowest BCUT2D eigenvalue weighted by Crippen LogP contribution is -2.56. The fraction of sp³-hybridized carbons (Fsp3) is 0.688. The first-order valence-corrected chi connectivity index (χ1v) is 26.6. The highest BCUT2D eigenvalue weighted by molar-refractivity contribution is 7.91. The van der Waals surface area contributed by atoms with Crippen LogP contribution in [0.4, 0.5) is 10.1 Å². The maximum absolute atomic E-state index is 15.5. The van der Waals surface area contributed by atoms with Crippen molar-refractivity contribution in [2.24, 2.45) is 0 Å². The van der Waals surface area contributed by atoms with Gasteiger partial charge in [-0.25, -0.2) is 12.8 Å². The molecule has 6 rings (SSSR count). The highest BCUT2D eigenvalue weighted by atomic mass is 32.2. The Balaban J connectivity index is 1.03. The fourth-order valence-electron chi connectivity index (χ4n) is 9.74. The molecule has 3 aliphatic heterocycles. The lowest BCUT2D eigenvalue weighted by molar-refractivity contribution is 0.0384. The van der Waals surface area contributed by atoms with Gasteiger partial charge in [-0.15, -0.1) is 0 Å². The van der Waals surface area contributed by atoms with Crippen molar-refractivity contribution in [3.05, 3.63) is 48.4 Å². The molecule has 0 bridgehead atoms. The SMILES string of the molecule is CCCCCCCCCCCCCCCCOc1ccc(S(=O)(=O)c2cnc3ccc([S+](C)[O-])cc3c2N2CCC(N3CCN(C4CCN(CC)CC4)CC3)CC2)cc1F. The summed E-state index contributed by atoms with van der Waals surface area (Å²) in [5.74, 6) is -0.618. The summed E-state index contributed by atoms with van der Waals surface area (Å²) >= 11 is -1.27. The maximum atomic E-state index is 15.5. The Morgan fingerprint density at radius 2 is 1.28 bits per heavy atom. The Bertz CT molecular complexity index is 1860. The smallest absolute Gasteiger partial charge is 0.210 e. The number of sulfone groups is 1. The summed E-state index contributed by atoms with van der Waals surface area (Å²) in [5.41, 5.74) is 1.20. The van der Waals surface area contributed by atoms with E-state index in [1.165, 1.54) is 115 Å². The van der Waals surface area contributed by atoms with Crippen LogP contribution in [0.2, 0.25) is 0 Å². The first-order chi connectivity index (χ1) is 29.2. The van der Waals surface area contributed by atoms with Gasteiger partial charge < -0.3 is 19.1 Å². The van der Waals surface area contributed by atoms with Gasteiger partial charge in [0.2, 0.25) is 9.84 Å². The van der Waals surface area contributed by atoms with Crippen molar-refractivity contribution >= 4 is 37.6 Å². The largest absolute Gasteiger partial charge is 0.612 e. The number of anilines is 1. The van der Waals surface area contributed by atoms with Gasteiger partial charge in [0.05, 0.1) is 22.7 Å². The topological polar surface area (TPSA) is 92.3 Å². The number of aromatic nitrogens is 1. The van der Waals surface area contributed by atoms with Crippen LogP contribution in [-0.4, -0.2) is 117 Å². The van der Waals surface area contributed by atoms with Gasteiger partial charge in [0.15, 0.2) is 16.5 Å². The lowest BCUT2D eigenvalue weighted by Gasteiger charge is -2.46. The quantitative estimate of drug-likeness (QED) is 0.0683. The van der Waals surface area contributed by atoms with Crippen LogP contribution < -0.4 is 9.64 Å². The minimum Gasteiger partial charge on any atom is -0.612 e. The summed E-state index contributed by atoms with van der Waals surface area (Å²) in [6.07, 6.45) is 25.1. The van der Waals surface area contributed by atoms with Crippen molar-refractivity contribution in [3.8, 4) is 5.75 Å². The van der Waals surface area contributed by atoms with Gasteiger partial charge >= 0.3 is 0 Å². The summed E-state index contributed by atoms with van der Waals surface area (Å²) in [6, 6.07) is 10.5. The van der Waals surface area contributed by atoms with Crippen LogP contribution in [0, 0.1) is 5.82 Å². The molecular formula is C48H74FN5O4S2. The number of pyridine rings is 1. The molecule has 1 atom stereocenters. The van der Waals surface area contributed by atoms with Crippen molar-refractivity contribution in [2.75, 3.05) is 76.7 Å². The van der Waals surface area contributed by atoms with E-state index in [0.717, 1.165) is 70.9 Å². The molecule has 3 aliphatic rings. The van der Waals surface area contributed by atoms with Gasteiger partial charge in [0.25, 0.3) is 0 Å². The van der Waals surface area contributed by atoms with Gasteiger partial charge in [-0.05, 0) is 93.2 Å². The van der Waals surface area contributed by atoms with E-state index in [1.807, 2.05) is 12.1 Å². The molecule has 0 spiro atoms. The van der Waals surface area contributed by atoms with E-state index in [9.17, 15) is 13.0 Å². The van der Waals surface area contributed by atoms with E-state index < -0.39 is 26.8 Å². The number of benzene rings is 2. The van der Waals surface area contributed by atoms with Crippen LogP contribution in [-0.2, 0) is 21.0 Å². The minimum absolute atomic E-state index is 0.0469. The average molecular weight is 868 g/mol. The molecular weight excluding hydrogens is 794 g/mol. The van der Waals surface area contributed by atoms with Gasteiger partial charge in [0.1, 0.15) is 11.2 Å². The molecule has 1 aromatic heterocycles. The van der Waals surface area contributed by atoms with Crippen molar-refractivity contribution < 1.29 is 22.1 Å². The van der Waals surface area contributed by atoms with E-state index in [1.54, 1.807) is 12.3 Å². The summed E-state index contributed by atoms with van der Waals surface area (Å²) in [4.78, 5) is 15.2. The average Bonchev–Trinajstić information content (AvgIpc) is 3.27. The predicted molar refractivity (Wildman–Crippen MR) is 245 cm³/mol. The fourth-order valence-corrected chi connectivity index (χ4v) is 11.7. The number of piperidine rings is 2. The zero-order valence-electron chi connectivity index (χ0n) is 37.1. The van der Waals surface area contributed by atoms with E-state index in [2.05, 4.69) is 38.4 Å². The molecule has 4 heterocycles. The van der Waals surface area contributed by atoms with Crippen molar-refractivity contribution in [2.45, 2.75) is 156 Å². The number of piperazine rings is 1. The Kier molecular flexibility index (Phi) is 18.7. The van der Waals surface area contributed by atoms with E-state index in [4.69, 9.17) is 4.74 Å². The molecule has 0 radical (unpaired) electrons. The third-order valence-corrected chi connectivity index (χ3v) is 16.2. The normalized spacial score (nSPS) is 18.7. The van der Waals surface area contributed by atoms with Crippen LogP contribution in [0.15, 0.2) is 57.3 Å². The number of nitrogens with zero attached hydrogens (tertiary/aromatic N) is 5. The van der Waals surface area contributed by atoms with Crippen LogP contribution in [0.3, 0.4) is 0 Å². The molecule has 9 nitrogen and oxygen atoms in total. The molecule has 3 saturated heterocycles. The number of ether oxygens (including phenoxy) is 1. The summed E-state index contributed by atoms with van der Waals surface area (Å²) < 4.78 is 63.0. The molecule has 3 fully saturated rings. The Labute approximate surface area is 364 Å². The minimum atomic E-state index is -4.18. The highest BCUT2D eigenvalue weighted by Gasteiger charge is 2.34. The number of rotatable bonds is 23. The Morgan fingerprint density at radius 1 is 0.733 bits per heavy atom. The second-order valence-corrected chi connectivity index (χ2v) is 20.9. The van der Waals surface area contributed by atoms with Crippen molar-refractivity contribution in [1.29, 1.82) is 0 Å². The van der Waals surface area contributed by atoms with Gasteiger partial charge in [-0.1, -0.05) is 97.3 Å². The third-order valence-electron chi connectivity index (χ3n) is 13.5. The lowest BCUT2D eigenvalue weighted by atomic mass is 9.99. The molecule has 12 heteroatoms. The summed E-state index contributed by atoms with van der Waals surface area (Å²) in [5, 5.41) is 0.651. The molecule has 0 saturated carbocycles. The molecule has 1 unspecified atom stereocenters. The number of fused-ring (bicyclic) bond motifs is 1. The van der Waals surface area contributed by atoms with E-state index in [0.29, 0.717) is 53.3 Å². The number of hydrogen-bond acceptors (Lipinski definition) is 9. The van der Waals surface area contributed by atoms with Crippen LogP contribution >= 0.6 is 0 Å².